The molecule has 3 aliphatic heterocycles. The number of ether oxygens (including phenoxy) is 2. The molecule has 4 fully saturated rings. The van der Waals surface area contributed by atoms with Gasteiger partial charge in [0, 0.05) is 18.7 Å². The number of benzene rings is 1. The van der Waals surface area contributed by atoms with Crippen molar-refractivity contribution in [3.8, 4) is 0 Å². The number of rotatable bonds is 8. The molecular formula is C28H39N3O5. The molecule has 0 bridgehead atoms. The molecule has 2 amide bonds. The van der Waals surface area contributed by atoms with Gasteiger partial charge in [-0.3, -0.25) is 14.4 Å². The molecule has 36 heavy (non-hydrogen) atoms. The summed E-state index contributed by atoms with van der Waals surface area (Å²) in [5.74, 6) is 0.105. The highest BCUT2D eigenvalue weighted by Crippen LogP contribution is 2.35. The molecule has 4 aliphatic rings. The van der Waals surface area contributed by atoms with Crippen molar-refractivity contribution in [2.75, 3.05) is 33.4 Å². The van der Waals surface area contributed by atoms with E-state index < -0.39 is 18.2 Å². The average molecular weight is 498 g/mol. The summed E-state index contributed by atoms with van der Waals surface area (Å²) in [5.41, 5.74) is 1.83. The van der Waals surface area contributed by atoms with E-state index in [0.717, 1.165) is 32.0 Å². The molecule has 1 aromatic carbocycles. The van der Waals surface area contributed by atoms with Crippen LogP contribution in [0.1, 0.15) is 67.8 Å². The van der Waals surface area contributed by atoms with Crippen LogP contribution in [0.2, 0.25) is 0 Å². The van der Waals surface area contributed by atoms with E-state index in [0.29, 0.717) is 17.9 Å². The quantitative estimate of drug-likeness (QED) is 0.593. The Balaban J connectivity index is 1.23. The van der Waals surface area contributed by atoms with Crippen LogP contribution in [-0.4, -0.2) is 91.1 Å². The van der Waals surface area contributed by atoms with Crippen molar-refractivity contribution in [2.45, 2.75) is 82.2 Å². The van der Waals surface area contributed by atoms with Crippen LogP contribution >= 0.6 is 0 Å². The molecule has 4 atom stereocenters. The minimum absolute atomic E-state index is 0.00780. The van der Waals surface area contributed by atoms with E-state index in [-0.39, 0.29) is 42.8 Å². The van der Waals surface area contributed by atoms with Crippen LogP contribution in [0.3, 0.4) is 0 Å². The van der Waals surface area contributed by atoms with Crippen LogP contribution in [0.5, 0.6) is 0 Å². The minimum Gasteiger partial charge on any atom is -0.377 e. The summed E-state index contributed by atoms with van der Waals surface area (Å²) in [6.07, 6.45) is 4.74. The Labute approximate surface area is 213 Å². The van der Waals surface area contributed by atoms with Gasteiger partial charge in [-0.25, -0.2) is 0 Å². The van der Waals surface area contributed by atoms with Crippen molar-refractivity contribution in [1.82, 2.24) is 15.1 Å². The normalized spacial score (nSPS) is 27.9. The number of Topliss-reactive ketones (excluding diaryl/α,β-unsaturated/α-hetero) is 1. The van der Waals surface area contributed by atoms with Gasteiger partial charge in [-0.05, 0) is 74.7 Å². The van der Waals surface area contributed by atoms with Gasteiger partial charge in [0.1, 0.15) is 30.9 Å². The zero-order valence-corrected chi connectivity index (χ0v) is 21.7. The molecule has 3 heterocycles. The molecule has 0 spiro atoms. The van der Waals surface area contributed by atoms with E-state index in [1.165, 1.54) is 18.4 Å². The highest BCUT2D eigenvalue weighted by molar-refractivity contribution is 5.99. The Morgan fingerprint density at radius 1 is 1.11 bits per heavy atom. The van der Waals surface area contributed by atoms with Gasteiger partial charge in [-0.2, -0.15) is 0 Å². The van der Waals surface area contributed by atoms with Crippen molar-refractivity contribution < 1.29 is 23.9 Å². The summed E-state index contributed by atoms with van der Waals surface area (Å²) in [6, 6.07) is 7.34. The number of carbonyl (C=O) groups is 3. The maximum absolute atomic E-state index is 13.6. The molecule has 1 aliphatic carbocycles. The summed E-state index contributed by atoms with van der Waals surface area (Å²) in [6.45, 7) is 6.63. The number of hydrogen-bond acceptors (Lipinski definition) is 6. The van der Waals surface area contributed by atoms with E-state index in [1.807, 2.05) is 26.0 Å². The van der Waals surface area contributed by atoms with Crippen LogP contribution in [0.4, 0.5) is 0 Å². The number of ketones is 1. The minimum atomic E-state index is -0.714. The zero-order chi connectivity index (χ0) is 25.4. The summed E-state index contributed by atoms with van der Waals surface area (Å²) in [7, 11) is 1.56. The van der Waals surface area contributed by atoms with Crippen LogP contribution in [0.25, 0.3) is 0 Å². The maximum atomic E-state index is 13.6. The highest BCUT2D eigenvalue weighted by atomic mass is 16.5. The summed E-state index contributed by atoms with van der Waals surface area (Å²) < 4.78 is 11.1. The smallest absolute Gasteiger partial charge is 0.251 e. The molecule has 8 nitrogen and oxygen atoms in total. The Kier molecular flexibility index (Phi) is 7.47. The van der Waals surface area contributed by atoms with Crippen LogP contribution in [0, 0.1) is 5.92 Å². The second-order valence-corrected chi connectivity index (χ2v) is 11.3. The Hall–Kier alpha value is -2.29. The van der Waals surface area contributed by atoms with E-state index in [2.05, 4.69) is 22.3 Å². The van der Waals surface area contributed by atoms with Crippen molar-refractivity contribution >= 4 is 17.6 Å². The van der Waals surface area contributed by atoms with Gasteiger partial charge >= 0.3 is 0 Å². The van der Waals surface area contributed by atoms with Gasteiger partial charge in [0.15, 0.2) is 5.78 Å². The number of hydrogen-bond donors (Lipinski definition) is 1. The Morgan fingerprint density at radius 2 is 1.81 bits per heavy atom. The SMILES string of the molecule is CO[C@H]1CN(C(=O)C(CC(C)C)NC(=O)c2ccc(C3CCN(C4CC4)CC3)cc2)[C@@H]2C(=O)CO[C@H]12. The van der Waals surface area contributed by atoms with Crippen molar-refractivity contribution in [3.63, 3.8) is 0 Å². The van der Waals surface area contributed by atoms with Gasteiger partial charge in [-0.15, -0.1) is 0 Å². The molecule has 0 radical (unpaired) electrons. The second-order valence-electron chi connectivity index (χ2n) is 11.3. The van der Waals surface area contributed by atoms with Crippen LogP contribution in [-0.2, 0) is 19.1 Å². The molecule has 1 N–H and O–H groups in total. The van der Waals surface area contributed by atoms with Gasteiger partial charge in [0.05, 0.1) is 6.54 Å². The third kappa shape index (κ3) is 5.22. The summed E-state index contributed by atoms with van der Waals surface area (Å²) >= 11 is 0. The fourth-order valence-corrected chi connectivity index (χ4v) is 6.13. The van der Waals surface area contributed by atoms with Gasteiger partial charge in [0.25, 0.3) is 5.91 Å². The van der Waals surface area contributed by atoms with E-state index >= 15 is 0 Å². The van der Waals surface area contributed by atoms with Crippen molar-refractivity contribution in [1.29, 1.82) is 0 Å². The molecule has 196 valence electrons. The van der Waals surface area contributed by atoms with Crippen LogP contribution in [0.15, 0.2) is 24.3 Å². The van der Waals surface area contributed by atoms with E-state index in [9.17, 15) is 14.4 Å². The molecule has 5 rings (SSSR count). The number of nitrogens with one attached hydrogen (secondary N) is 1. The van der Waals surface area contributed by atoms with Crippen molar-refractivity contribution in [2.24, 2.45) is 5.92 Å². The lowest BCUT2D eigenvalue weighted by atomic mass is 9.89. The maximum Gasteiger partial charge on any atom is 0.251 e. The predicted molar refractivity (Wildman–Crippen MR) is 135 cm³/mol. The first-order chi connectivity index (χ1) is 17.4. The first-order valence-corrected chi connectivity index (χ1v) is 13.5. The number of fused-ring (bicyclic) bond motifs is 1. The van der Waals surface area contributed by atoms with Gasteiger partial charge in [0.2, 0.25) is 5.91 Å². The number of amides is 2. The van der Waals surface area contributed by atoms with E-state index in [1.54, 1.807) is 12.0 Å². The fraction of sp³-hybridized carbons (Fsp3) is 0.679. The average Bonchev–Trinajstić information content (AvgIpc) is 3.57. The third-order valence-electron chi connectivity index (χ3n) is 8.27. The highest BCUT2D eigenvalue weighted by Gasteiger charge is 2.53. The monoisotopic (exact) mass is 497 g/mol. The largest absolute Gasteiger partial charge is 0.377 e. The molecular weight excluding hydrogens is 458 g/mol. The lowest BCUT2D eigenvalue weighted by Crippen LogP contribution is -2.52. The van der Waals surface area contributed by atoms with Gasteiger partial charge < -0.3 is 24.6 Å². The summed E-state index contributed by atoms with van der Waals surface area (Å²) in [4.78, 5) is 43.4. The molecule has 1 saturated carbocycles. The topological polar surface area (TPSA) is 88.2 Å². The molecule has 8 heteroatoms. The zero-order valence-electron chi connectivity index (χ0n) is 21.7. The standard InChI is InChI=1S/C28H39N3O5/c1-17(2)14-22(28(34)31-15-24(35-3)26-25(31)23(32)16-36-26)29-27(33)20-6-4-18(5-7-20)19-10-12-30(13-11-19)21-8-9-21/h4-7,17,19,21-22,24-26H,8-16H2,1-3H3,(H,29,33)/t22?,24-,25+,26+/m0/s1. The number of likely N-dealkylation sites (tertiary alicyclic amines) is 2. The number of carbonyl (C=O) groups excluding carboxylic acids is 3. The second kappa shape index (κ2) is 10.6. The number of piperidine rings is 1. The molecule has 3 saturated heterocycles. The first-order valence-electron chi connectivity index (χ1n) is 13.5. The summed E-state index contributed by atoms with van der Waals surface area (Å²) in [5, 5.41) is 2.96. The number of nitrogens with zero attached hydrogens (tertiary/aromatic N) is 2. The van der Waals surface area contributed by atoms with Gasteiger partial charge in [-0.1, -0.05) is 26.0 Å². The molecule has 1 unspecified atom stereocenters. The lowest BCUT2D eigenvalue weighted by molar-refractivity contribution is -0.138. The van der Waals surface area contributed by atoms with Crippen molar-refractivity contribution in [3.05, 3.63) is 35.4 Å². The fourth-order valence-electron chi connectivity index (χ4n) is 6.13. The first kappa shape index (κ1) is 25.4. The Morgan fingerprint density at radius 3 is 2.42 bits per heavy atom. The number of methoxy groups -OCH3 is 1. The van der Waals surface area contributed by atoms with E-state index in [4.69, 9.17) is 9.47 Å². The third-order valence-corrected chi connectivity index (χ3v) is 8.27. The van der Waals surface area contributed by atoms with Crippen LogP contribution < -0.4 is 5.32 Å². The lowest BCUT2D eigenvalue weighted by Gasteiger charge is -2.32. The molecule has 0 aromatic heterocycles. The predicted octanol–water partition coefficient (Wildman–Crippen LogP) is 2.37. The Bertz CT molecular complexity index is 968. The molecule has 1 aromatic rings.